The van der Waals surface area contributed by atoms with Crippen molar-refractivity contribution in [1.29, 1.82) is 0 Å². The van der Waals surface area contributed by atoms with E-state index in [9.17, 15) is 0 Å². The largest absolute Gasteiger partial charge is 0.200 e. The third-order valence-electron chi connectivity index (χ3n) is 1.04. The van der Waals surface area contributed by atoms with Crippen LogP contribution in [0.5, 0.6) is 0 Å². The molecule has 0 saturated heterocycles. The molecular formula is C4H2BrN5. The summed E-state index contributed by atoms with van der Waals surface area (Å²) in [5, 5.41) is 14.6. The summed E-state index contributed by atoms with van der Waals surface area (Å²) in [6, 6.07) is 3.56. The summed E-state index contributed by atoms with van der Waals surface area (Å²) in [6.07, 6.45) is 0. The summed E-state index contributed by atoms with van der Waals surface area (Å²) in [5.74, 6) is 0. The summed E-state index contributed by atoms with van der Waals surface area (Å²) in [5.41, 5.74) is 0.642. The Kier molecular flexibility index (Phi) is 1.13. The average molecular weight is 200 g/mol. The molecule has 10 heavy (non-hydrogen) atoms. The molecule has 2 aromatic heterocycles. The predicted octanol–water partition coefficient (Wildman–Crippen LogP) is 0.282. The molecule has 0 atom stereocenters. The van der Waals surface area contributed by atoms with Crippen LogP contribution in [-0.4, -0.2) is 25.3 Å². The first-order chi connectivity index (χ1) is 4.86. The van der Waals surface area contributed by atoms with E-state index in [1.54, 1.807) is 12.1 Å². The van der Waals surface area contributed by atoms with Crippen LogP contribution >= 0.6 is 15.9 Å². The smallest absolute Gasteiger partial charge is 0.140 e. The maximum absolute atomic E-state index is 3.93. The number of fused-ring (bicyclic) bond motifs is 1. The van der Waals surface area contributed by atoms with Crippen molar-refractivity contribution in [2.45, 2.75) is 0 Å². The van der Waals surface area contributed by atoms with Gasteiger partial charge in [-0.1, -0.05) is 0 Å². The standard InChI is InChI=1S/C4H2BrN5/c5-3-1-2-4-6-8-9-10(4)7-3/h1-2H. The van der Waals surface area contributed by atoms with Gasteiger partial charge in [0, 0.05) is 0 Å². The van der Waals surface area contributed by atoms with E-state index in [2.05, 4.69) is 36.6 Å². The molecule has 5 nitrogen and oxygen atoms in total. The van der Waals surface area contributed by atoms with Crippen LogP contribution in [0.2, 0.25) is 0 Å². The van der Waals surface area contributed by atoms with Crippen LogP contribution in [0.1, 0.15) is 0 Å². The zero-order valence-electron chi connectivity index (χ0n) is 4.77. The molecule has 0 radical (unpaired) electrons. The zero-order chi connectivity index (χ0) is 6.97. The van der Waals surface area contributed by atoms with Crippen molar-refractivity contribution < 1.29 is 0 Å². The highest BCUT2D eigenvalue weighted by molar-refractivity contribution is 9.10. The van der Waals surface area contributed by atoms with Crippen LogP contribution in [-0.2, 0) is 0 Å². The summed E-state index contributed by atoms with van der Waals surface area (Å²) < 4.78 is 2.07. The fourth-order valence-electron chi connectivity index (χ4n) is 0.628. The molecular weight excluding hydrogens is 198 g/mol. The summed E-state index contributed by atoms with van der Waals surface area (Å²) >= 11 is 3.19. The van der Waals surface area contributed by atoms with Gasteiger partial charge in [0.05, 0.1) is 0 Å². The van der Waals surface area contributed by atoms with Gasteiger partial charge in [-0.2, -0.15) is 0 Å². The van der Waals surface area contributed by atoms with Gasteiger partial charge in [0.2, 0.25) is 0 Å². The van der Waals surface area contributed by atoms with Crippen molar-refractivity contribution in [1.82, 2.24) is 25.3 Å². The second-order valence-electron chi connectivity index (χ2n) is 1.68. The SMILES string of the molecule is Brc1ccc2nnnn2n1. The van der Waals surface area contributed by atoms with Gasteiger partial charge in [0.1, 0.15) is 4.60 Å². The highest BCUT2D eigenvalue weighted by Crippen LogP contribution is 2.03. The molecule has 0 aliphatic heterocycles. The van der Waals surface area contributed by atoms with Gasteiger partial charge in [0.15, 0.2) is 5.65 Å². The summed E-state index contributed by atoms with van der Waals surface area (Å²) in [6.45, 7) is 0. The molecule has 2 heterocycles. The van der Waals surface area contributed by atoms with Crippen molar-refractivity contribution in [3.8, 4) is 0 Å². The number of aromatic nitrogens is 5. The van der Waals surface area contributed by atoms with Crippen LogP contribution in [0.15, 0.2) is 16.7 Å². The number of hydrogen-bond acceptors (Lipinski definition) is 4. The molecule has 0 bridgehead atoms. The molecule has 0 aliphatic carbocycles. The van der Waals surface area contributed by atoms with Crippen LogP contribution in [0, 0.1) is 0 Å². The fourth-order valence-corrected chi connectivity index (χ4v) is 0.910. The van der Waals surface area contributed by atoms with Gasteiger partial charge in [-0.15, -0.1) is 14.8 Å². The van der Waals surface area contributed by atoms with Gasteiger partial charge in [-0.25, -0.2) is 0 Å². The molecule has 2 aromatic rings. The Labute approximate surface area is 64.2 Å². The molecule has 0 amide bonds. The second kappa shape index (κ2) is 1.98. The van der Waals surface area contributed by atoms with Gasteiger partial charge in [-0.3, -0.25) is 0 Å². The molecule has 6 heteroatoms. The lowest BCUT2D eigenvalue weighted by Gasteiger charge is -1.86. The van der Waals surface area contributed by atoms with E-state index in [-0.39, 0.29) is 0 Å². The van der Waals surface area contributed by atoms with Gasteiger partial charge < -0.3 is 0 Å². The molecule has 0 saturated carbocycles. The van der Waals surface area contributed by atoms with Crippen molar-refractivity contribution in [2.75, 3.05) is 0 Å². The highest BCUT2D eigenvalue weighted by atomic mass is 79.9. The first-order valence-corrected chi connectivity index (χ1v) is 3.36. The van der Waals surface area contributed by atoms with Gasteiger partial charge in [-0.05, 0) is 38.5 Å². The third kappa shape index (κ3) is 0.766. The van der Waals surface area contributed by atoms with Crippen molar-refractivity contribution in [3.63, 3.8) is 0 Å². The Morgan fingerprint density at radius 1 is 1.40 bits per heavy atom. The van der Waals surface area contributed by atoms with E-state index in [1.807, 2.05) is 0 Å². The average Bonchev–Trinajstić information content (AvgIpc) is 2.33. The minimum Gasteiger partial charge on any atom is -0.140 e. The first kappa shape index (κ1) is 5.72. The van der Waals surface area contributed by atoms with E-state index >= 15 is 0 Å². The van der Waals surface area contributed by atoms with Crippen LogP contribution < -0.4 is 0 Å². The molecule has 0 aliphatic rings. The van der Waals surface area contributed by atoms with Crippen molar-refractivity contribution >= 4 is 21.6 Å². The first-order valence-electron chi connectivity index (χ1n) is 2.57. The van der Waals surface area contributed by atoms with Crippen LogP contribution in [0.25, 0.3) is 5.65 Å². The molecule has 0 unspecified atom stereocenters. The number of rotatable bonds is 0. The minimum absolute atomic E-state index is 0.642. The molecule has 0 N–H and O–H groups in total. The van der Waals surface area contributed by atoms with E-state index in [0.29, 0.717) is 10.3 Å². The quantitative estimate of drug-likeness (QED) is 0.612. The lowest BCUT2D eigenvalue weighted by Crippen LogP contribution is -1.92. The lowest BCUT2D eigenvalue weighted by molar-refractivity contribution is 0.725. The Hall–Kier alpha value is -1.04. The maximum atomic E-state index is 3.93. The minimum atomic E-state index is 0.642. The fraction of sp³-hybridized carbons (Fsp3) is 0. The predicted molar refractivity (Wildman–Crippen MR) is 36.3 cm³/mol. The normalized spacial score (nSPS) is 10.5. The van der Waals surface area contributed by atoms with Crippen molar-refractivity contribution in [3.05, 3.63) is 16.7 Å². The number of tetrazole rings is 1. The lowest BCUT2D eigenvalue weighted by atomic mass is 10.6. The van der Waals surface area contributed by atoms with E-state index < -0.39 is 0 Å². The molecule has 2 rings (SSSR count). The van der Waals surface area contributed by atoms with Crippen LogP contribution in [0.3, 0.4) is 0 Å². The van der Waals surface area contributed by atoms with Crippen LogP contribution in [0.4, 0.5) is 0 Å². The zero-order valence-corrected chi connectivity index (χ0v) is 6.35. The molecule has 0 spiro atoms. The summed E-state index contributed by atoms with van der Waals surface area (Å²) in [7, 11) is 0. The maximum Gasteiger partial charge on any atom is 0.200 e. The topological polar surface area (TPSA) is 56.0 Å². The Bertz CT molecular complexity index is 355. The monoisotopic (exact) mass is 199 g/mol. The van der Waals surface area contributed by atoms with Gasteiger partial charge in [0.25, 0.3) is 0 Å². The number of hydrogen-bond donors (Lipinski definition) is 0. The number of halogens is 1. The third-order valence-corrected chi connectivity index (χ3v) is 1.46. The molecule has 0 aromatic carbocycles. The Morgan fingerprint density at radius 3 is 3.20 bits per heavy atom. The Morgan fingerprint density at radius 2 is 2.30 bits per heavy atom. The van der Waals surface area contributed by atoms with E-state index in [1.165, 1.54) is 4.63 Å². The number of nitrogens with zero attached hydrogens (tertiary/aromatic N) is 5. The Balaban J connectivity index is 2.86. The van der Waals surface area contributed by atoms with Gasteiger partial charge >= 0.3 is 0 Å². The summed E-state index contributed by atoms with van der Waals surface area (Å²) in [4.78, 5) is 0. The second-order valence-corrected chi connectivity index (χ2v) is 2.50. The van der Waals surface area contributed by atoms with E-state index in [4.69, 9.17) is 0 Å². The molecule has 0 fully saturated rings. The van der Waals surface area contributed by atoms with E-state index in [0.717, 1.165) is 0 Å². The van der Waals surface area contributed by atoms with Crippen molar-refractivity contribution in [2.24, 2.45) is 0 Å². The highest BCUT2D eigenvalue weighted by Gasteiger charge is 1.95. The molecule has 50 valence electrons.